The van der Waals surface area contributed by atoms with Crippen molar-refractivity contribution in [2.75, 3.05) is 19.0 Å². The van der Waals surface area contributed by atoms with Crippen LogP contribution in [-0.2, 0) is 7.05 Å². The van der Waals surface area contributed by atoms with Crippen molar-refractivity contribution < 1.29 is 0 Å². The predicted octanol–water partition coefficient (Wildman–Crippen LogP) is 2.21. The molecule has 0 saturated carbocycles. The van der Waals surface area contributed by atoms with Crippen molar-refractivity contribution in [3.8, 4) is 11.4 Å². The van der Waals surface area contributed by atoms with Crippen molar-refractivity contribution in [3.05, 3.63) is 29.0 Å². The van der Waals surface area contributed by atoms with Crippen LogP contribution in [0, 0.1) is 4.77 Å². The molecule has 1 N–H and O–H groups in total. The van der Waals surface area contributed by atoms with Crippen molar-refractivity contribution in [2.45, 2.75) is 0 Å². The Hall–Kier alpha value is -1.62. The average molecular weight is 234 g/mol. The van der Waals surface area contributed by atoms with E-state index < -0.39 is 0 Å². The standard InChI is InChI=1S/C11H14N4S/c1-14(2)9-6-4-5-8(7-9)10-12-11(16)15(3)13-10/h4-7H,1-3H3,(H,12,13,16). The molecule has 0 atom stereocenters. The molecule has 16 heavy (non-hydrogen) atoms. The van der Waals surface area contributed by atoms with Crippen molar-refractivity contribution in [1.29, 1.82) is 0 Å². The lowest BCUT2D eigenvalue weighted by atomic mass is 10.2. The molecular weight excluding hydrogens is 220 g/mol. The van der Waals surface area contributed by atoms with E-state index in [0.717, 1.165) is 17.1 Å². The highest BCUT2D eigenvalue weighted by atomic mass is 32.1. The van der Waals surface area contributed by atoms with Gasteiger partial charge in [-0.1, -0.05) is 12.1 Å². The molecular formula is C11H14N4S. The van der Waals surface area contributed by atoms with Crippen LogP contribution in [0.25, 0.3) is 11.4 Å². The van der Waals surface area contributed by atoms with E-state index in [1.165, 1.54) is 0 Å². The molecule has 0 spiro atoms. The van der Waals surface area contributed by atoms with Gasteiger partial charge in [0, 0.05) is 32.4 Å². The number of hydrogen-bond acceptors (Lipinski definition) is 3. The van der Waals surface area contributed by atoms with Gasteiger partial charge in [0.1, 0.15) is 0 Å². The van der Waals surface area contributed by atoms with Gasteiger partial charge in [0.15, 0.2) is 5.82 Å². The Morgan fingerprint density at radius 2 is 2.12 bits per heavy atom. The Morgan fingerprint density at radius 1 is 1.38 bits per heavy atom. The summed E-state index contributed by atoms with van der Waals surface area (Å²) in [6, 6.07) is 8.16. The molecule has 0 radical (unpaired) electrons. The minimum Gasteiger partial charge on any atom is -0.378 e. The number of rotatable bonds is 2. The zero-order valence-electron chi connectivity index (χ0n) is 9.56. The van der Waals surface area contributed by atoms with Gasteiger partial charge in [0.25, 0.3) is 0 Å². The maximum atomic E-state index is 5.07. The number of aromatic amines is 1. The first-order valence-corrected chi connectivity index (χ1v) is 5.39. The molecule has 0 bridgehead atoms. The number of aromatic nitrogens is 3. The normalized spacial score (nSPS) is 10.4. The van der Waals surface area contributed by atoms with Gasteiger partial charge in [-0.3, -0.25) is 9.78 Å². The molecule has 5 heteroatoms. The van der Waals surface area contributed by atoms with Crippen LogP contribution < -0.4 is 4.90 Å². The fourth-order valence-corrected chi connectivity index (χ4v) is 1.60. The second kappa shape index (κ2) is 4.09. The summed E-state index contributed by atoms with van der Waals surface area (Å²) in [5.74, 6) is 0.802. The first-order valence-electron chi connectivity index (χ1n) is 4.99. The van der Waals surface area contributed by atoms with Crippen molar-refractivity contribution in [3.63, 3.8) is 0 Å². The van der Waals surface area contributed by atoms with E-state index in [1.807, 2.05) is 33.3 Å². The SMILES string of the molecule is CN(C)c1cccc(-c2nc(=S)n(C)[nH]2)c1. The summed E-state index contributed by atoms with van der Waals surface area (Å²) in [5, 5.41) is 3.11. The van der Waals surface area contributed by atoms with E-state index in [1.54, 1.807) is 4.68 Å². The number of aryl methyl sites for hydroxylation is 1. The zero-order chi connectivity index (χ0) is 11.7. The second-order valence-electron chi connectivity index (χ2n) is 3.86. The zero-order valence-corrected chi connectivity index (χ0v) is 10.4. The van der Waals surface area contributed by atoms with Crippen LogP contribution in [0.3, 0.4) is 0 Å². The average Bonchev–Trinajstić information content (AvgIpc) is 2.59. The molecule has 0 fully saturated rings. The van der Waals surface area contributed by atoms with Crippen LogP contribution in [0.4, 0.5) is 5.69 Å². The summed E-state index contributed by atoms with van der Waals surface area (Å²) in [6.45, 7) is 0. The van der Waals surface area contributed by atoms with Gasteiger partial charge in [0.05, 0.1) is 0 Å². The first kappa shape index (κ1) is 10.9. The third-order valence-electron chi connectivity index (χ3n) is 2.40. The largest absolute Gasteiger partial charge is 0.378 e. The highest BCUT2D eigenvalue weighted by molar-refractivity contribution is 7.71. The molecule has 84 valence electrons. The summed E-state index contributed by atoms with van der Waals surface area (Å²) in [4.78, 5) is 6.34. The Bertz CT molecular complexity index is 553. The molecule has 1 aromatic carbocycles. The van der Waals surface area contributed by atoms with E-state index in [0.29, 0.717) is 4.77 Å². The molecule has 4 nitrogen and oxygen atoms in total. The molecule has 2 rings (SSSR count). The van der Waals surface area contributed by atoms with Gasteiger partial charge >= 0.3 is 0 Å². The molecule has 2 aromatic rings. The van der Waals surface area contributed by atoms with E-state index in [2.05, 4.69) is 27.1 Å². The van der Waals surface area contributed by atoms with E-state index in [4.69, 9.17) is 12.2 Å². The topological polar surface area (TPSA) is 36.9 Å². The summed E-state index contributed by atoms with van der Waals surface area (Å²) in [7, 11) is 5.88. The quantitative estimate of drug-likeness (QED) is 0.809. The number of nitrogens with one attached hydrogen (secondary N) is 1. The molecule has 0 unspecified atom stereocenters. The van der Waals surface area contributed by atoms with Gasteiger partial charge in [-0.2, -0.15) is 4.98 Å². The Labute approximate surface area is 99.5 Å². The second-order valence-corrected chi connectivity index (χ2v) is 4.22. The highest BCUT2D eigenvalue weighted by Gasteiger charge is 2.04. The van der Waals surface area contributed by atoms with E-state index in [9.17, 15) is 0 Å². The van der Waals surface area contributed by atoms with Crippen LogP contribution in [-0.4, -0.2) is 28.9 Å². The van der Waals surface area contributed by atoms with E-state index in [-0.39, 0.29) is 0 Å². The van der Waals surface area contributed by atoms with Crippen molar-refractivity contribution in [1.82, 2.24) is 14.8 Å². The highest BCUT2D eigenvalue weighted by Crippen LogP contribution is 2.20. The smallest absolute Gasteiger partial charge is 0.216 e. The summed E-state index contributed by atoms with van der Waals surface area (Å²) >= 11 is 5.07. The number of hydrogen-bond donors (Lipinski definition) is 1. The van der Waals surface area contributed by atoms with Gasteiger partial charge < -0.3 is 4.90 Å². The summed E-state index contributed by atoms with van der Waals surface area (Å²) in [5.41, 5.74) is 2.18. The maximum absolute atomic E-state index is 5.07. The lowest BCUT2D eigenvalue weighted by Crippen LogP contribution is -2.08. The molecule has 1 aromatic heterocycles. The van der Waals surface area contributed by atoms with Gasteiger partial charge in [-0.15, -0.1) is 0 Å². The van der Waals surface area contributed by atoms with Crippen LogP contribution in [0.15, 0.2) is 24.3 Å². The van der Waals surface area contributed by atoms with Crippen LogP contribution in [0.1, 0.15) is 0 Å². The first-order chi connectivity index (χ1) is 7.58. The molecule has 0 aliphatic rings. The third kappa shape index (κ3) is 1.99. The summed E-state index contributed by atoms with van der Waals surface area (Å²) < 4.78 is 2.29. The molecule has 0 saturated heterocycles. The van der Waals surface area contributed by atoms with Crippen LogP contribution in [0.2, 0.25) is 0 Å². The number of nitrogens with zero attached hydrogens (tertiary/aromatic N) is 3. The van der Waals surface area contributed by atoms with E-state index >= 15 is 0 Å². The van der Waals surface area contributed by atoms with Crippen molar-refractivity contribution in [2.24, 2.45) is 7.05 Å². The Morgan fingerprint density at radius 3 is 2.69 bits per heavy atom. The maximum Gasteiger partial charge on any atom is 0.216 e. The van der Waals surface area contributed by atoms with Crippen LogP contribution in [0.5, 0.6) is 0 Å². The van der Waals surface area contributed by atoms with Crippen LogP contribution >= 0.6 is 12.2 Å². The Kier molecular flexibility index (Phi) is 2.78. The number of anilines is 1. The number of H-pyrrole nitrogens is 1. The fourth-order valence-electron chi connectivity index (χ4n) is 1.46. The molecule has 0 aliphatic heterocycles. The minimum absolute atomic E-state index is 0.560. The predicted molar refractivity (Wildman–Crippen MR) is 68.2 cm³/mol. The van der Waals surface area contributed by atoms with Gasteiger partial charge in [-0.05, 0) is 24.4 Å². The monoisotopic (exact) mass is 234 g/mol. The van der Waals surface area contributed by atoms with Gasteiger partial charge in [-0.25, -0.2) is 0 Å². The lowest BCUT2D eigenvalue weighted by Gasteiger charge is -2.12. The molecule has 0 amide bonds. The number of benzene rings is 1. The third-order valence-corrected chi connectivity index (χ3v) is 2.77. The Balaban J connectivity index is 2.48. The molecule has 0 aliphatic carbocycles. The van der Waals surface area contributed by atoms with Gasteiger partial charge in [0.2, 0.25) is 4.77 Å². The summed E-state index contributed by atoms with van der Waals surface area (Å²) in [6.07, 6.45) is 0. The van der Waals surface area contributed by atoms with Crippen molar-refractivity contribution >= 4 is 17.9 Å². The fraction of sp³-hybridized carbons (Fsp3) is 0.273. The minimum atomic E-state index is 0.560. The molecule has 1 heterocycles. The lowest BCUT2D eigenvalue weighted by molar-refractivity contribution is 0.756.